The van der Waals surface area contributed by atoms with Crippen molar-refractivity contribution in [2.24, 2.45) is 0 Å². The topological polar surface area (TPSA) is 0 Å². The fraction of sp³-hybridized carbons (Fsp3) is 0.500. The van der Waals surface area contributed by atoms with Crippen LogP contribution in [0.3, 0.4) is 0 Å². The van der Waals surface area contributed by atoms with Gasteiger partial charge >= 0.3 is 0 Å². The maximum absolute atomic E-state index is 4.21. The van der Waals surface area contributed by atoms with Crippen molar-refractivity contribution in [2.45, 2.75) is 33.1 Å². The van der Waals surface area contributed by atoms with E-state index in [1.807, 2.05) is 0 Å². The molecule has 0 N–H and O–H groups in total. The number of aryl methyl sites for hydroxylation is 3. The maximum atomic E-state index is 4.21. The molecule has 0 atom stereocenters. The molecule has 0 saturated heterocycles. The molecule has 72 valence electrons. The minimum atomic E-state index is 1.00. The molecule has 0 bridgehead atoms. The van der Waals surface area contributed by atoms with Gasteiger partial charge in [0.15, 0.2) is 0 Å². The lowest BCUT2D eigenvalue weighted by Gasteiger charge is -2.06. The summed E-state index contributed by atoms with van der Waals surface area (Å²) in [4.78, 5) is 0. The second-order valence-corrected chi connectivity index (χ2v) is 4.06. The molecule has 0 nitrogen and oxygen atoms in total. The highest BCUT2D eigenvalue weighted by atomic mass is 32.1. The van der Waals surface area contributed by atoms with Crippen molar-refractivity contribution in [3.63, 3.8) is 0 Å². The van der Waals surface area contributed by atoms with E-state index < -0.39 is 0 Å². The minimum absolute atomic E-state index is 1.00. The minimum Gasteiger partial charge on any atom is -0.179 e. The van der Waals surface area contributed by atoms with Gasteiger partial charge < -0.3 is 0 Å². The quantitative estimate of drug-likeness (QED) is 0.550. The van der Waals surface area contributed by atoms with Crippen LogP contribution in [0, 0.1) is 13.8 Å². The van der Waals surface area contributed by atoms with Crippen LogP contribution in [0.15, 0.2) is 18.2 Å². The fourth-order valence-corrected chi connectivity index (χ4v) is 1.72. The Kier molecular flexibility index (Phi) is 4.37. The van der Waals surface area contributed by atoms with Crippen molar-refractivity contribution < 1.29 is 0 Å². The SMILES string of the molecule is Cc1ccc(C)c(CCCCS)c1. The summed E-state index contributed by atoms with van der Waals surface area (Å²) in [5.74, 6) is 1.00. The lowest BCUT2D eigenvalue weighted by Crippen LogP contribution is -1.91. The number of rotatable bonds is 4. The van der Waals surface area contributed by atoms with Gasteiger partial charge in [-0.2, -0.15) is 12.6 Å². The second kappa shape index (κ2) is 5.33. The first kappa shape index (κ1) is 10.6. The van der Waals surface area contributed by atoms with Crippen molar-refractivity contribution in [1.29, 1.82) is 0 Å². The monoisotopic (exact) mass is 194 g/mol. The van der Waals surface area contributed by atoms with Crippen molar-refractivity contribution in [2.75, 3.05) is 5.75 Å². The molecule has 0 amide bonds. The van der Waals surface area contributed by atoms with E-state index in [-0.39, 0.29) is 0 Å². The predicted octanol–water partition coefficient (Wildman–Crippen LogP) is 3.56. The van der Waals surface area contributed by atoms with Crippen LogP contribution >= 0.6 is 12.6 Å². The smallest absolute Gasteiger partial charge is 0.00978 e. The van der Waals surface area contributed by atoms with E-state index in [0.717, 1.165) is 5.75 Å². The Labute approximate surface area is 86.8 Å². The maximum Gasteiger partial charge on any atom is -0.00978 e. The number of thiol groups is 1. The lowest BCUT2D eigenvalue weighted by molar-refractivity contribution is 0.799. The number of unbranched alkanes of at least 4 members (excludes halogenated alkanes) is 1. The van der Waals surface area contributed by atoms with Gasteiger partial charge in [-0.1, -0.05) is 23.8 Å². The lowest BCUT2D eigenvalue weighted by atomic mass is 10.0. The molecule has 0 heterocycles. The van der Waals surface area contributed by atoms with Crippen LogP contribution in [0.5, 0.6) is 0 Å². The zero-order chi connectivity index (χ0) is 9.68. The first-order valence-corrected chi connectivity index (χ1v) is 5.54. The molecule has 0 unspecified atom stereocenters. The van der Waals surface area contributed by atoms with E-state index in [1.165, 1.54) is 36.0 Å². The predicted molar refractivity (Wildman–Crippen MR) is 62.7 cm³/mol. The summed E-state index contributed by atoms with van der Waals surface area (Å²) in [5, 5.41) is 0. The summed E-state index contributed by atoms with van der Waals surface area (Å²) in [6.07, 6.45) is 3.68. The van der Waals surface area contributed by atoms with Gasteiger partial charge in [0.05, 0.1) is 0 Å². The molecule has 0 aliphatic heterocycles. The Balaban J connectivity index is 2.59. The molecule has 0 aliphatic rings. The number of benzene rings is 1. The van der Waals surface area contributed by atoms with Crippen LogP contribution in [0.4, 0.5) is 0 Å². The van der Waals surface area contributed by atoms with E-state index in [2.05, 4.69) is 44.7 Å². The highest BCUT2D eigenvalue weighted by Gasteiger charge is 1.97. The molecule has 1 rings (SSSR count). The Morgan fingerprint density at radius 1 is 1.15 bits per heavy atom. The summed E-state index contributed by atoms with van der Waals surface area (Å²) in [6, 6.07) is 6.69. The standard InChI is InChI=1S/C12H18S/c1-10-6-7-11(2)12(9-10)5-3-4-8-13/h6-7,9,13H,3-5,8H2,1-2H3. The summed E-state index contributed by atoms with van der Waals surface area (Å²) >= 11 is 4.21. The van der Waals surface area contributed by atoms with Crippen LogP contribution in [0.25, 0.3) is 0 Å². The van der Waals surface area contributed by atoms with Crippen molar-refractivity contribution >= 4 is 12.6 Å². The highest BCUT2D eigenvalue weighted by molar-refractivity contribution is 7.80. The Morgan fingerprint density at radius 3 is 2.62 bits per heavy atom. The van der Waals surface area contributed by atoms with E-state index in [0.29, 0.717) is 0 Å². The van der Waals surface area contributed by atoms with E-state index in [4.69, 9.17) is 0 Å². The molecular weight excluding hydrogens is 176 g/mol. The average Bonchev–Trinajstić information content (AvgIpc) is 2.11. The third kappa shape index (κ3) is 3.43. The molecular formula is C12H18S. The molecule has 0 aliphatic carbocycles. The molecule has 1 aromatic carbocycles. The van der Waals surface area contributed by atoms with E-state index in [1.54, 1.807) is 0 Å². The van der Waals surface area contributed by atoms with Crippen molar-refractivity contribution in [1.82, 2.24) is 0 Å². The Hall–Kier alpha value is -0.430. The first-order chi connectivity index (χ1) is 6.24. The first-order valence-electron chi connectivity index (χ1n) is 4.91. The summed E-state index contributed by atoms with van der Waals surface area (Å²) in [6.45, 7) is 4.34. The molecule has 1 heteroatoms. The van der Waals surface area contributed by atoms with Crippen molar-refractivity contribution in [3.05, 3.63) is 34.9 Å². The van der Waals surface area contributed by atoms with Crippen LogP contribution in [-0.2, 0) is 6.42 Å². The van der Waals surface area contributed by atoms with Crippen LogP contribution < -0.4 is 0 Å². The summed E-state index contributed by atoms with van der Waals surface area (Å²) in [5.41, 5.74) is 4.29. The van der Waals surface area contributed by atoms with Gasteiger partial charge in [-0.25, -0.2) is 0 Å². The van der Waals surface area contributed by atoms with Gasteiger partial charge in [-0.05, 0) is 50.0 Å². The summed E-state index contributed by atoms with van der Waals surface area (Å²) in [7, 11) is 0. The van der Waals surface area contributed by atoms with Gasteiger partial charge in [-0.3, -0.25) is 0 Å². The number of hydrogen-bond acceptors (Lipinski definition) is 1. The Bertz CT molecular complexity index is 266. The van der Waals surface area contributed by atoms with Crippen LogP contribution in [0.1, 0.15) is 29.5 Å². The normalized spacial score (nSPS) is 10.4. The van der Waals surface area contributed by atoms with Gasteiger partial charge in [-0.15, -0.1) is 0 Å². The Morgan fingerprint density at radius 2 is 1.92 bits per heavy atom. The molecule has 0 radical (unpaired) electrons. The molecule has 0 fully saturated rings. The van der Waals surface area contributed by atoms with E-state index in [9.17, 15) is 0 Å². The van der Waals surface area contributed by atoms with Crippen LogP contribution in [0.2, 0.25) is 0 Å². The molecule has 0 aromatic heterocycles. The zero-order valence-electron chi connectivity index (χ0n) is 8.51. The van der Waals surface area contributed by atoms with E-state index >= 15 is 0 Å². The van der Waals surface area contributed by atoms with Crippen molar-refractivity contribution in [3.8, 4) is 0 Å². The molecule has 0 spiro atoms. The third-order valence-corrected chi connectivity index (χ3v) is 2.68. The number of hydrogen-bond donors (Lipinski definition) is 1. The van der Waals surface area contributed by atoms with Gasteiger partial charge in [0.25, 0.3) is 0 Å². The average molecular weight is 194 g/mol. The van der Waals surface area contributed by atoms with Gasteiger partial charge in [0.2, 0.25) is 0 Å². The highest BCUT2D eigenvalue weighted by Crippen LogP contribution is 2.13. The third-order valence-electron chi connectivity index (χ3n) is 2.36. The largest absolute Gasteiger partial charge is 0.179 e. The zero-order valence-corrected chi connectivity index (χ0v) is 9.40. The fourth-order valence-electron chi connectivity index (χ4n) is 1.50. The van der Waals surface area contributed by atoms with Gasteiger partial charge in [0.1, 0.15) is 0 Å². The van der Waals surface area contributed by atoms with Crippen LogP contribution in [-0.4, -0.2) is 5.75 Å². The van der Waals surface area contributed by atoms with Gasteiger partial charge in [0, 0.05) is 0 Å². The molecule has 13 heavy (non-hydrogen) atoms. The second-order valence-electron chi connectivity index (χ2n) is 3.61. The summed E-state index contributed by atoms with van der Waals surface area (Å²) < 4.78 is 0. The molecule has 1 aromatic rings. The molecule has 0 saturated carbocycles.